The van der Waals surface area contributed by atoms with Crippen LogP contribution in [0.2, 0.25) is 0 Å². The minimum absolute atomic E-state index is 0.246. The van der Waals surface area contributed by atoms with Crippen molar-refractivity contribution in [3.05, 3.63) is 102 Å². The molecule has 31 heavy (non-hydrogen) atoms. The molecule has 0 atom stereocenters. The first-order valence-electron chi connectivity index (χ1n) is 10.1. The number of hydrogen-bond acceptors (Lipinski definition) is 1. The quantitative estimate of drug-likeness (QED) is 0.464. The van der Waals surface area contributed by atoms with Crippen molar-refractivity contribution in [2.45, 2.75) is 37.8 Å². The number of rotatable bonds is 6. The normalized spacial score (nSPS) is 16.7. The molecule has 0 heterocycles. The Morgan fingerprint density at radius 2 is 1.81 bits per heavy atom. The fourth-order valence-electron chi connectivity index (χ4n) is 4.12. The lowest BCUT2D eigenvalue weighted by molar-refractivity contribution is -0.137. The van der Waals surface area contributed by atoms with Crippen molar-refractivity contribution in [1.82, 2.24) is 0 Å². The molecule has 4 rings (SSSR count). The van der Waals surface area contributed by atoms with Gasteiger partial charge < -0.3 is 5.32 Å². The molecule has 1 N–H and O–H groups in total. The van der Waals surface area contributed by atoms with Gasteiger partial charge in [0.05, 0.1) is 5.56 Å². The van der Waals surface area contributed by atoms with E-state index in [9.17, 15) is 17.6 Å². The van der Waals surface area contributed by atoms with Crippen LogP contribution in [0.15, 0.2) is 73.5 Å². The fourth-order valence-corrected chi connectivity index (χ4v) is 4.12. The second kappa shape index (κ2) is 7.56. The van der Waals surface area contributed by atoms with Crippen molar-refractivity contribution in [1.29, 1.82) is 0 Å². The topological polar surface area (TPSA) is 12.0 Å². The van der Waals surface area contributed by atoms with Crippen LogP contribution in [0.4, 0.5) is 23.2 Å². The van der Waals surface area contributed by atoms with E-state index in [1.54, 1.807) is 0 Å². The monoisotopic (exact) mass is 425 g/mol. The second-order valence-corrected chi connectivity index (χ2v) is 8.22. The van der Waals surface area contributed by atoms with Gasteiger partial charge >= 0.3 is 6.18 Å². The van der Waals surface area contributed by atoms with E-state index in [0.717, 1.165) is 40.4 Å². The van der Waals surface area contributed by atoms with Crippen LogP contribution in [0.1, 0.15) is 48.4 Å². The third-order valence-corrected chi connectivity index (χ3v) is 6.00. The summed E-state index contributed by atoms with van der Waals surface area (Å²) >= 11 is 0. The summed E-state index contributed by atoms with van der Waals surface area (Å²) in [6.07, 6.45) is 3.93. The van der Waals surface area contributed by atoms with Crippen LogP contribution < -0.4 is 5.32 Å². The highest BCUT2D eigenvalue weighted by molar-refractivity contribution is 5.85. The standard InChI is InChI=1S/C26H23F4N/c1-16(2)22-15-20(9-10-21(22)18-6-4-5-7-18)31-17(3)25(12-13-25)23-11-8-19(14-24(23)27)26(28,29)30/h4,6-11,14-15,31H,1,3,5,12-13H2,2H3. The first-order chi connectivity index (χ1) is 14.6. The van der Waals surface area contributed by atoms with Gasteiger partial charge in [-0.15, -0.1) is 0 Å². The molecule has 160 valence electrons. The van der Waals surface area contributed by atoms with Crippen molar-refractivity contribution in [2.24, 2.45) is 0 Å². The Morgan fingerprint density at radius 3 is 2.35 bits per heavy atom. The first-order valence-corrected chi connectivity index (χ1v) is 10.1. The van der Waals surface area contributed by atoms with Crippen molar-refractivity contribution in [2.75, 3.05) is 5.32 Å². The van der Waals surface area contributed by atoms with E-state index >= 15 is 0 Å². The summed E-state index contributed by atoms with van der Waals surface area (Å²) in [7, 11) is 0. The van der Waals surface area contributed by atoms with Gasteiger partial charge in [0.15, 0.2) is 0 Å². The molecule has 0 radical (unpaired) electrons. The zero-order valence-electron chi connectivity index (χ0n) is 17.2. The molecule has 0 aromatic heterocycles. The Morgan fingerprint density at radius 1 is 1.06 bits per heavy atom. The number of hydrogen-bond donors (Lipinski definition) is 1. The minimum atomic E-state index is -4.57. The van der Waals surface area contributed by atoms with Gasteiger partial charge in [-0.3, -0.25) is 0 Å². The molecule has 1 saturated carbocycles. The first kappa shape index (κ1) is 21.2. The predicted molar refractivity (Wildman–Crippen MR) is 118 cm³/mol. The summed E-state index contributed by atoms with van der Waals surface area (Å²) in [5.41, 5.74) is 4.07. The summed E-state index contributed by atoms with van der Waals surface area (Å²) in [6.45, 7) is 10.1. The minimum Gasteiger partial charge on any atom is -0.359 e. The lowest BCUT2D eigenvalue weighted by atomic mass is 9.90. The van der Waals surface area contributed by atoms with E-state index in [4.69, 9.17) is 0 Å². The molecule has 0 unspecified atom stereocenters. The number of alkyl halides is 3. The van der Waals surface area contributed by atoms with Gasteiger partial charge in [-0.25, -0.2) is 4.39 Å². The van der Waals surface area contributed by atoms with Crippen LogP contribution in [0.25, 0.3) is 11.1 Å². The summed E-state index contributed by atoms with van der Waals surface area (Å²) < 4.78 is 53.3. The number of allylic oxidation sites excluding steroid dienone is 6. The zero-order chi connectivity index (χ0) is 22.4. The predicted octanol–water partition coefficient (Wildman–Crippen LogP) is 7.88. The molecule has 0 amide bonds. The largest absolute Gasteiger partial charge is 0.416 e. The van der Waals surface area contributed by atoms with Gasteiger partial charge in [0, 0.05) is 16.8 Å². The smallest absolute Gasteiger partial charge is 0.359 e. The average molecular weight is 425 g/mol. The molecule has 2 aromatic carbocycles. The average Bonchev–Trinajstić information content (AvgIpc) is 3.33. The Bertz CT molecular complexity index is 1130. The lowest BCUT2D eigenvalue weighted by Crippen LogP contribution is -2.19. The van der Waals surface area contributed by atoms with E-state index in [1.807, 2.05) is 25.1 Å². The van der Waals surface area contributed by atoms with Crippen LogP contribution in [-0.4, -0.2) is 0 Å². The number of halogens is 4. The summed E-state index contributed by atoms with van der Waals surface area (Å²) in [5, 5.41) is 3.27. The molecule has 0 spiro atoms. The number of anilines is 1. The van der Waals surface area contributed by atoms with Crippen LogP contribution in [-0.2, 0) is 11.6 Å². The SMILES string of the molecule is C=C(C)c1cc(NC(=C)C2(c3ccc(C(F)(F)F)cc3F)CC2)ccc1C1=CCC=C1. The van der Waals surface area contributed by atoms with Crippen molar-refractivity contribution < 1.29 is 17.6 Å². The molecule has 5 heteroatoms. The second-order valence-electron chi connectivity index (χ2n) is 8.22. The van der Waals surface area contributed by atoms with Gasteiger partial charge in [0.1, 0.15) is 5.82 Å². The molecule has 1 nitrogen and oxygen atoms in total. The van der Waals surface area contributed by atoms with Crippen LogP contribution >= 0.6 is 0 Å². The van der Waals surface area contributed by atoms with Crippen molar-refractivity contribution in [3.8, 4) is 0 Å². The maximum Gasteiger partial charge on any atom is 0.416 e. The molecule has 0 saturated heterocycles. The van der Waals surface area contributed by atoms with Gasteiger partial charge in [0.2, 0.25) is 0 Å². The van der Waals surface area contributed by atoms with Gasteiger partial charge in [-0.05, 0) is 72.7 Å². The molecular weight excluding hydrogens is 402 g/mol. The van der Waals surface area contributed by atoms with Crippen LogP contribution in [0, 0.1) is 5.82 Å². The van der Waals surface area contributed by atoms with E-state index in [-0.39, 0.29) is 5.56 Å². The van der Waals surface area contributed by atoms with E-state index in [1.165, 1.54) is 6.07 Å². The molecule has 0 bridgehead atoms. The Hall–Kier alpha value is -3.08. The maximum atomic E-state index is 14.6. The molecule has 0 aliphatic heterocycles. The summed E-state index contributed by atoms with van der Waals surface area (Å²) in [4.78, 5) is 0. The highest BCUT2D eigenvalue weighted by Gasteiger charge is 2.49. The highest BCUT2D eigenvalue weighted by atomic mass is 19.4. The van der Waals surface area contributed by atoms with E-state index in [2.05, 4.69) is 36.7 Å². The Kier molecular flexibility index (Phi) is 5.16. The van der Waals surface area contributed by atoms with Crippen LogP contribution in [0.5, 0.6) is 0 Å². The third-order valence-electron chi connectivity index (χ3n) is 6.00. The lowest BCUT2D eigenvalue weighted by Gasteiger charge is -2.23. The molecule has 2 aliphatic rings. The molecular formula is C26H23F4N. The summed E-state index contributed by atoms with van der Waals surface area (Å²) in [6, 6.07) is 8.66. The van der Waals surface area contributed by atoms with Gasteiger partial charge in [-0.1, -0.05) is 49.1 Å². The number of nitrogens with one attached hydrogen (secondary N) is 1. The van der Waals surface area contributed by atoms with E-state index < -0.39 is 23.0 Å². The third kappa shape index (κ3) is 3.97. The Balaban J connectivity index is 1.61. The summed E-state index contributed by atoms with van der Waals surface area (Å²) in [5.74, 6) is -0.854. The fraction of sp³-hybridized carbons (Fsp3) is 0.231. The number of benzene rings is 2. The maximum absolute atomic E-state index is 14.6. The molecule has 2 aliphatic carbocycles. The van der Waals surface area contributed by atoms with Gasteiger partial charge in [0.25, 0.3) is 0 Å². The van der Waals surface area contributed by atoms with Gasteiger partial charge in [-0.2, -0.15) is 13.2 Å². The Labute approximate surface area is 179 Å². The van der Waals surface area contributed by atoms with Crippen molar-refractivity contribution in [3.63, 3.8) is 0 Å². The molecule has 1 fully saturated rings. The van der Waals surface area contributed by atoms with Crippen LogP contribution in [0.3, 0.4) is 0 Å². The zero-order valence-corrected chi connectivity index (χ0v) is 17.2. The van der Waals surface area contributed by atoms with E-state index in [0.29, 0.717) is 24.6 Å². The molecule has 2 aromatic rings. The van der Waals surface area contributed by atoms with Crippen molar-refractivity contribution >= 4 is 16.8 Å². The highest BCUT2D eigenvalue weighted by Crippen LogP contribution is 2.54.